The lowest BCUT2D eigenvalue weighted by Gasteiger charge is -2.18. The molecule has 2 aromatic heterocycles. The Morgan fingerprint density at radius 3 is 2.60 bits per heavy atom. The highest BCUT2D eigenvalue weighted by molar-refractivity contribution is 9.10. The van der Waals surface area contributed by atoms with E-state index >= 15 is 0 Å². The number of hydrogen-bond donors (Lipinski definition) is 2. The zero-order valence-electron chi connectivity index (χ0n) is 13.4. The molecule has 8 heteroatoms. The van der Waals surface area contributed by atoms with Crippen molar-refractivity contribution in [3.63, 3.8) is 0 Å². The fourth-order valence-corrected chi connectivity index (χ4v) is 4.86. The third-order valence-electron chi connectivity index (χ3n) is 4.04. The number of halogens is 2. The quantitative estimate of drug-likeness (QED) is 0.634. The molecule has 0 spiro atoms. The Labute approximate surface area is 162 Å². The average Bonchev–Trinajstić information content (AvgIpc) is 3.09. The minimum absolute atomic E-state index is 0.204. The number of benzene rings is 1. The van der Waals surface area contributed by atoms with Gasteiger partial charge in [-0.15, -0.1) is 11.3 Å². The molecule has 1 aromatic carbocycles. The van der Waals surface area contributed by atoms with E-state index in [0.717, 1.165) is 26.9 Å². The van der Waals surface area contributed by atoms with Gasteiger partial charge < -0.3 is 11.5 Å². The molecule has 1 atom stereocenters. The number of primary amides is 1. The lowest BCUT2D eigenvalue weighted by Crippen LogP contribution is -2.19. The summed E-state index contributed by atoms with van der Waals surface area (Å²) in [6.07, 6.45) is 1.69. The lowest BCUT2D eigenvalue weighted by atomic mass is 9.88. The molecule has 3 aromatic rings. The summed E-state index contributed by atoms with van der Waals surface area (Å²) in [5, 5.41) is 4.26. The Bertz CT molecular complexity index is 903. The number of thiophene rings is 1. The van der Waals surface area contributed by atoms with E-state index < -0.39 is 5.91 Å². The van der Waals surface area contributed by atoms with Crippen LogP contribution in [0.4, 0.5) is 0 Å². The number of nitrogens with zero attached hydrogens (tertiary/aromatic N) is 2. The van der Waals surface area contributed by atoms with Crippen LogP contribution in [0.25, 0.3) is 11.3 Å². The van der Waals surface area contributed by atoms with Gasteiger partial charge in [0.05, 0.1) is 21.2 Å². The molecule has 0 fully saturated rings. The van der Waals surface area contributed by atoms with Gasteiger partial charge in [-0.2, -0.15) is 5.10 Å². The van der Waals surface area contributed by atoms with Crippen LogP contribution < -0.4 is 11.5 Å². The number of aromatic nitrogens is 2. The first kappa shape index (κ1) is 18.1. The van der Waals surface area contributed by atoms with Crippen LogP contribution >= 0.6 is 38.9 Å². The number of carbonyl (C=O) groups is 1. The molecule has 1 amide bonds. The predicted octanol–water partition coefficient (Wildman–Crippen LogP) is 3.75. The van der Waals surface area contributed by atoms with Crippen molar-refractivity contribution in [3.8, 4) is 11.3 Å². The Morgan fingerprint density at radius 1 is 1.40 bits per heavy atom. The second kappa shape index (κ2) is 7.29. The standard InChI is InChI=1S/C17H16BrClN4OS/c1-23-14(11(18)8-22-23)13-12(15(17(21)24)25-16(13)19)10(7-20)9-5-3-2-4-6-9/h2-6,8,10H,7,20H2,1H3,(H2,21,24)/t10-/m0/s1. The fourth-order valence-electron chi connectivity index (χ4n) is 2.95. The molecule has 0 bridgehead atoms. The molecule has 0 aliphatic carbocycles. The number of rotatable bonds is 5. The molecule has 2 heterocycles. The fraction of sp³-hybridized carbons (Fsp3) is 0.176. The number of aryl methyl sites for hydroxylation is 1. The van der Waals surface area contributed by atoms with E-state index in [1.165, 1.54) is 11.3 Å². The molecule has 0 radical (unpaired) electrons. The summed E-state index contributed by atoms with van der Waals surface area (Å²) < 4.78 is 2.99. The zero-order chi connectivity index (χ0) is 18.1. The van der Waals surface area contributed by atoms with Crippen molar-refractivity contribution in [2.45, 2.75) is 5.92 Å². The minimum atomic E-state index is -0.513. The van der Waals surface area contributed by atoms with E-state index in [9.17, 15) is 4.79 Å². The van der Waals surface area contributed by atoms with Crippen molar-refractivity contribution in [3.05, 3.63) is 61.3 Å². The zero-order valence-corrected chi connectivity index (χ0v) is 16.5. The average molecular weight is 440 g/mol. The van der Waals surface area contributed by atoms with Gasteiger partial charge in [0.25, 0.3) is 5.91 Å². The first-order chi connectivity index (χ1) is 12.0. The summed E-state index contributed by atoms with van der Waals surface area (Å²) in [4.78, 5) is 12.5. The third kappa shape index (κ3) is 3.25. The number of carbonyl (C=O) groups excluding carboxylic acids is 1. The summed E-state index contributed by atoms with van der Waals surface area (Å²) in [5.41, 5.74) is 15.0. The summed E-state index contributed by atoms with van der Waals surface area (Å²) in [7, 11) is 1.82. The van der Waals surface area contributed by atoms with Crippen LogP contribution in [-0.4, -0.2) is 22.2 Å². The molecule has 0 unspecified atom stereocenters. The summed E-state index contributed by atoms with van der Waals surface area (Å²) in [6, 6.07) is 9.78. The molecule has 130 valence electrons. The van der Waals surface area contributed by atoms with Gasteiger partial charge in [-0.3, -0.25) is 9.48 Å². The Hall–Kier alpha value is -1.67. The molecule has 0 aliphatic heterocycles. The van der Waals surface area contributed by atoms with E-state index in [0.29, 0.717) is 15.8 Å². The highest BCUT2D eigenvalue weighted by Crippen LogP contribution is 2.46. The molecule has 3 rings (SSSR count). The highest BCUT2D eigenvalue weighted by Gasteiger charge is 2.30. The summed E-state index contributed by atoms with van der Waals surface area (Å²) in [5.74, 6) is -0.718. The van der Waals surface area contributed by atoms with Crippen molar-refractivity contribution in [1.29, 1.82) is 0 Å². The summed E-state index contributed by atoms with van der Waals surface area (Å²) in [6.45, 7) is 0.319. The van der Waals surface area contributed by atoms with Crippen molar-refractivity contribution < 1.29 is 4.79 Å². The van der Waals surface area contributed by atoms with E-state index in [1.54, 1.807) is 10.9 Å². The number of amides is 1. The van der Waals surface area contributed by atoms with Crippen molar-refractivity contribution in [1.82, 2.24) is 9.78 Å². The van der Waals surface area contributed by atoms with E-state index in [1.807, 2.05) is 37.4 Å². The first-order valence-electron chi connectivity index (χ1n) is 7.50. The SMILES string of the molecule is Cn1ncc(Br)c1-c1c(Cl)sc(C(N)=O)c1[C@@H](CN)c1ccccc1. The maximum atomic E-state index is 12.1. The normalized spacial score (nSPS) is 12.3. The van der Waals surface area contributed by atoms with Crippen molar-refractivity contribution in [2.24, 2.45) is 18.5 Å². The van der Waals surface area contributed by atoms with Gasteiger partial charge in [-0.25, -0.2) is 0 Å². The topological polar surface area (TPSA) is 86.9 Å². The Balaban J connectivity index is 2.32. The second-order valence-electron chi connectivity index (χ2n) is 5.52. The number of nitrogens with two attached hydrogens (primary N) is 2. The lowest BCUT2D eigenvalue weighted by molar-refractivity contribution is 0.100. The van der Waals surface area contributed by atoms with Crippen LogP contribution in [0.5, 0.6) is 0 Å². The van der Waals surface area contributed by atoms with Crippen LogP contribution in [0.15, 0.2) is 41.0 Å². The molecule has 0 saturated heterocycles. The smallest absolute Gasteiger partial charge is 0.259 e. The van der Waals surface area contributed by atoms with Gasteiger partial charge in [0, 0.05) is 25.1 Å². The highest BCUT2D eigenvalue weighted by atomic mass is 79.9. The van der Waals surface area contributed by atoms with Crippen LogP contribution in [0.2, 0.25) is 4.34 Å². The molecule has 0 aliphatic rings. The summed E-state index contributed by atoms with van der Waals surface area (Å²) >= 11 is 11.2. The first-order valence-corrected chi connectivity index (χ1v) is 9.49. The molecular formula is C17H16BrClN4OS. The molecule has 0 saturated carbocycles. The third-order valence-corrected chi connectivity index (χ3v) is 6.05. The van der Waals surface area contributed by atoms with Crippen LogP contribution in [-0.2, 0) is 7.05 Å². The maximum Gasteiger partial charge on any atom is 0.259 e. The number of hydrogen-bond acceptors (Lipinski definition) is 4. The van der Waals surface area contributed by atoms with Gasteiger partial charge >= 0.3 is 0 Å². The monoisotopic (exact) mass is 438 g/mol. The van der Waals surface area contributed by atoms with E-state index in [4.69, 9.17) is 23.1 Å². The van der Waals surface area contributed by atoms with Crippen LogP contribution in [0.1, 0.15) is 26.7 Å². The predicted molar refractivity (Wildman–Crippen MR) is 105 cm³/mol. The van der Waals surface area contributed by atoms with E-state index in [2.05, 4.69) is 21.0 Å². The van der Waals surface area contributed by atoms with Gasteiger partial charge in [0.2, 0.25) is 0 Å². The maximum absolute atomic E-state index is 12.1. The van der Waals surface area contributed by atoms with Crippen molar-refractivity contribution >= 4 is 44.8 Å². The van der Waals surface area contributed by atoms with Gasteiger partial charge in [-0.1, -0.05) is 41.9 Å². The minimum Gasteiger partial charge on any atom is -0.365 e. The van der Waals surface area contributed by atoms with Gasteiger partial charge in [0.15, 0.2) is 0 Å². The second-order valence-corrected chi connectivity index (χ2v) is 8.00. The Kier molecular flexibility index (Phi) is 5.29. The Morgan fingerprint density at radius 2 is 2.08 bits per heavy atom. The largest absolute Gasteiger partial charge is 0.365 e. The van der Waals surface area contributed by atoms with Crippen LogP contribution in [0.3, 0.4) is 0 Å². The van der Waals surface area contributed by atoms with Gasteiger partial charge in [0.1, 0.15) is 4.34 Å². The molecule has 25 heavy (non-hydrogen) atoms. The molecular weight excluding hydrogens is 424 g/mol. The van der Waals surface area contributed by atoms with Gasteiger partial charge in [-0.05, 0) is 27.1 Å². The van der Waals surface area contributed by atoms with Crippen molar-refractivity contribution in [2.75, 3.05) is 6.54 Å². The van der Waals surface area contributed by atoms with Crippen LogP contribution in [0, 0.1) is 0 Å². The molecule has 5 nitrogen and oxygen atoms in total. The van der Waals surface area contributed by atoms with E-state index in [-0.39, 0.29) is 5.92 Å². The molecule has 4 N–H and O–H groups in total.